The van der Waals surface area contributed by atoms with E-state index in [4.69, 9.17) is 14.2 Å². The SMILES string of the molecule is CC/C=C\C/C=C\C/C=C\C/C=C\C/C=C\C/C=C\C/C=C\C/C=C\CCCCCCCCCCC(=O)OCC(COC(=O)CCCCCCCCCC)OC(=O)CCC/C=C\C/C=C\C/C=C\C/C=C\C/C=C\C/C=C\C/C=C\CC. The van der Waals surface area contributed by atoms with E-state index in [1.165, 1.54) is 64.2 Å². The van der Waals surface area contributed by atoms with Crippen LogP contribution in [-0.4, -0.2) is 37.2 Å². The summed E-state index contributed by atoms with van der Waals surface area (Å²) in [6.45, 7) is 6.31. The molecule has 0 aliphatic rings. The highest BCUT2D eigenvalue weighted by Crippen LogP contribution is 2.14. The van der Waals surface area contributed by atoms with Crippen LogP contribution in [0.3, 0.4) is 0 Å². The van der Waals surface area contributed by atoms with Crippen molar-refractivity contribution >= 4 is 17.9 Å². The molecule has 0 radical (unpaired) electrons. The van der Waals surface area contributed by atoms with E-state index >= 15 is 0 Å². The highest BCUT2D eigenvalue weighted by atomic mass is 16.6. The number of allylic oxidation sites excluding steroid dienone is 30. The van der Waals surface area contributed by atoms with Crippen LogP contribution >= 0.6 is 0 Å². The molecule has 0 N–H and O–H groups in total. The Labute approximate surface area is 504 Å². The molecule has 0 aromatic heterocycles. The summed E-state index contributed by atoms with van der Waals surface area (Å²) in [6, 6.07) is 0. The van der Waals surface area contributed by atoms with Crippen molar-refractivity contribution in [2.45, 2.75) is 264 Å². The first kappa shape index (κ1) is 76.5. The molecule has 0 bridgehead atoms. The predicted molar refractivity (Wildman–Crippen MR) is 357 cm³/mol. The first-order chi connectivity index (χ1) is 40.5. The number of rotatable bonds is 57. The van der Waals surface area contributed by atoms with Gasteiger partial charge in [-0.05, 0) is 135 Å². The van der Waals surface area contributed by atoms with Gasteiger partial charge in [-0.25, -0.2) is 0 Å². The molecule has 0 aliphatic carbocycles. The minimum absolute atomic E-state index is 0.110. The molecule has 0 aromatic rings. The fourth-order valence-corrected chi connectivity index (χ4v) is 8.33. The molecular weight excluding hydrogens is 1010 g/mol. The average molecular weight is 1130 g/mol. The largest absolute Gasteiger partial charge is 0.462 e. The van der Waals surface area contributed by atoms with Crippen molar-refractivity contribution in [3.05, 3.63) is 182 Å². The van der Waals surface area contributed by atoms with Gasteiger partial charge < -0.3 is 14.2 Å². The van der Waals surface area contributed by atoms with Crippen molar-refractivity contribution in [1.82, 2.24) is 0 Å². The molecule has 0 amide bonds. The van der Waals surface area contributed by atoms with Gasteiger partial charge in [-0.3, -0.25) is 14.4 Å². The summed E-state index contributed by atoms with van der Waals surface area (Å²) >= 11 is 0. The zero-order chi connectivity index (χ0) is 59.2. The van der Waals surface area contributed by atoms with E-state index in [0.29, 0.717) is 19.3 Å². The van der Waals surface area contributed by atoms with Crippen LogP contribution in [0.2, 0.25) is 0 Å². The second-order valence-electron chi connectivity index (χ2n) is 20.9. The van der Waals surface area contributed by atoms with Gasteiger partial charge in [0.1, 0.15) is 13.2 Å². The predicted octanol–water partition coefficient (Wildman–Crippen LogP) is 22.8. The summed E-state index contributed by atoms with van der Waals surface area (Å²) in [5.74, 6) is -0.991. The Balaban J connectivity index is 4.30. The summed E-state index contributed by atoms with van der Waals surface area (Å²) < 4.78 is 16.8. The first-order valence-electron chi connectivity index (χ1n) is 32.8. The maximum absolute atomic E-state index is 12.9. The number of esters is 3. The number of ether oxygens (including phenoxy) is 3. The Kier molecular flexibility index (Phi) is 63.5. The van der Waals surface area contributed by atoms with Crippen LogP contribution in [0.25, 0.3) is 0 Å². The van der Waals surface area contributed by atoms with E-state index in [-0.39, 0.29) is 37.5 Å². The lowest BCUT2D eigenvalue weighted by atomic mass is 10.1. The van der Waals surface area contributed by atoms with Crippen LogP contribution in [-0.2, 0) is 28.6 Å². The van der Waals surface area contributed by atoms with Gasteiger partial charge in [0.05, 0.1) is 0 Å². The highest BCUT2D eigenvalue weighted by Gasteiger charge is 2.19. The van der Waals surface area contributed by atoms with Crippen molar-refractivity contribution in [3.63, 3.8) is 0 Å². The molecule has 1 unspecified atom stereocenters. The number of carbonyl (C=O) groups is 3. The smallest absolute Gasteiger partial charge is 0.306 e. The summed E-state index contributed by atoms with van der Waals surface area (Å²) in [6.07, 6.45) is 102. The summed E-state index contributed by atoms with van der Waals surface area (Å²) in [4.78, 5) is 38.1. The maximum atomic E-state index is 12.9. The third-order valence-corrected chi connectivity index (χ3v) is 13.2. The molecule has 82 heavy (non-hydrogen) atoms. The van der Waals surface area contributed by atoms with Gasteiger partial charge in [0.2, 0.25) is 0 Å². The molecule has 0 saturated carbocycles. The van der Waals surface area contributed by atoms with Crippen molar-refractivity contribution in [3.8, 4) is 0 Å². The van der Waals surface area contributed by atoms with Crippen LogP contribution in [0.1, 0.15) is 258 Å². The van der Waals surface area contributed by atoms with Crippen molar-refractivity contribution in [2.24, 2.45) is 0 Å². The van der Waals surface area contributed by atoms with Gasteiger partial charge in [-0.2, -0.15) is 0 Å². The van der Waals surface area contributed by atoms with Crippen molar-refractivity contribution < 1.29 is 28.6 Å². The standard InChI is InChI=1S/C76H118O6/c1-4-7-10-13-16-19-21-23-25-27-29-31-33-34-35-36-37-38-39-40-41-42-44-45-47-49-51-53-55-57-60-63-66-69-75(78)81-72-73(71-80-74(77)68-65-62-59-18-15-12-9-6-3)82-76(79)70-67-64-61-58-56-54-52-50-48-46-43-32-30-28-26-24-22-20-17-14-11-8-5-2/h7-8,10-11,16-17,19-20,23-26,29-32,34-35,37-38,40-41,44-46,48,52,54,58,61,73H,4-6,9,12-15,18,21-22,27-28,33,36,39,42-43,47,49-51,53,55-57,59-60,62-72H2,1-3H3/b10-7-,11-8-,19-16-,20-17-,25-23-,26-24-,31-29-,32-30-,35-34-,38-37-,41-40-,45-44-,48-46-,54-52-,61-58-. The van der Waals surface area contributed by atoms with Crippen LogP contribution in [0.4, 0.5) is 0 Å². The summed E-state index contributed by atoms with van der Waals surface area (Å²) in [5.41, 5.74) is 0. The van der Waals surface area contributed by atoms with E-state index < -0.39 is 6.10 Å². The van der Waals surface area contributed by atoms with E-state index in [9.17, 15) is 14.4 Å². The Hall–Kier alpha value is -5.49. The molecule has 0 spiro atoms. The molecule has 0 rings (SSSR count). The Morgan fingerprint density at radius 2 is 0.488 bits per heavy atom. The molecule has 458 valence electrons. The third-order valence-electron chi connectivity index (χ3n) is 13.2. The van der Waals surface area contributed by atoms with E-state index in [1.54, 1.807) is 0 Å². The Morgan fingerprint density at radius 3 is 0.780 bits per heavy atom. The molecule has 6 nitrogen and oxygen atoms in total. The lowest BCUT2D eigenvalue weighted by molar-refractivity contribution is -0.167. The van der Waals surface area contributed by atoms with Gasteiger partial charge in [0.15, 0.2) is 6.10 Å². The lowest BCUT2D eigenvalue weighted by Crippen LogP contribution is -2.30. The fourth-order valence-electron chi connectivity index (χ4n) is 8.33. The number of unbranched alkanes of at least 4 members (excludes halogenated alkanes) is 16. The summed E-state index contributed by atoms with van der Waals surface area (Å²) in [7, 11) is 0. The van der Waals surface area contributed by atoms with E-state index in [2.05, 4.69) is 203 Å². The quantitative estimate of drug-likeness (QED) is 0.0261. The van der Waals surface area contributed by atoms with Gasteiger partial charge in [-0.1, -0.05) is 287 Å². The molecule has 0 aromatic carbocycles. The van der Waals surface area contributed by atoms with Gasteiger partial charge in [0, 0.05) is 19.3 Å². The minimum atomic E-state index is -0.820. The Morgan fingerprint density at radius 1 is 0.256 bits per heavy atom. The fraction of sp³-hybridized carbons (Fsp3) is 0.566. The molecule has 0 fully saturated rings. The number of carbonyl (C=O) groups excluding carboxylic acids is 3. The molecule has 0 saturated heterocycles. The van der Waals surface area contributed by atoms with Crippen LogP contribution < -0.4 is 0 Å². The van der Waals surface area contributed by atoms with Crippen molar-refractivity contribution in [2.75, 3.05) is 13.2 Å². The zero-order valence-electron chi connectivity index (χ0n) is 52.4. The molecule has 0 heterocycles. The molecule has 6 heteroatoms. The minimum Gasteiger partial charge on any atom is -0.462 e. The monoisotopic (exact) mass is 1130 g/mol. The number of hydrogen-bond donors (Lipinski definition) is 0. The second kappa shape index (κ2) is 68.0. The van der Waals surface area contributed by atoms with E-state index in [0.717, 1.165) is 148 Å². The van der Waals surface area contributed by atoms with Crippen LogP contribution in [0, 0.1) is 0 Å². The van der Waals surface area contributed by atoms with Crippen molar-refractivity contribution in [1.29, 1.82) is 0 Å². The highest BCUT2D eigenvalue weighted by molar-refractivity contribution is 5.71. The first-order valence-corrected chi connectivity index (χ1v) is 32.8. The second-order valence-corrected chi connectivity index (χ2v) is 20.9. The molecule has 1 atom stereocenters. The normalized spacial score (nSPS) is 13.4. The maximum Gasteiger partial charge on any atom is 0.306 e. The topological polar surface area (TPSA) is 78.9 Å². The van der Waals surface area contributed by atoms with E-state index in [1.807, 2.05) is 0 Å². The van der Waals surface area contributed by atoms with Gasteiger partial charge in [-0.15, -0.1) is 0 Å². The molecular formula is C76H118O6. The number of hydrogen-bond acceptors (Lipinski definition) is 6. The van der Waals surface area contributed by atoms with Gasteiger partial charge in [0.25, 0.3) is 0 Å². The summed E-state index contributed by atoms with van der Waals surface area (Å²) in [5, 5.41) is 0. The van der Waals surface area contributed by atoms with Crippen LogP contribution in [0.5, 0.6) is 0 Å². The Bertz CT molecular complexity index is 1920. The molecule has 0 aliphatic heterocycles. The third kappa shape index (κ3) is 65.3. The lowest BCUT2D eigenvalue weighted by Gasteiger charge is -2.18. The van der Waals surface area contributed by atoms with Gasteiger partial charge >= 0.3 is 17.9 Å². The zero-order valence-corrected chi connectivity index (χ0v) is 52.4. The van der Waals surface area contributed by atoms with Crippen LogP contribution in [0.15, 0.2) is 182 Å². The average Bonchev–Trinajstić information content (AvgIpc) is 3.47.